The molecule has 1 aromatic carbocycles. The Morgan fingerprint density at radius 2 is 2.10 bits per heavy atom. The summed E-state index contributed by atoms with van der Waals surface area (Å²) < 4.78 is 15.5. The van der Waals surface area contributed by atoms with Gasteiger partial charge in [-0.1, -0.05) is 13.0 Å². The molecule has 1 N–H and O–H groups in total. The number of methoxy groups -OCH3 is 2. The molecule has 0 fully saturated rings. The van der Waals surface area contributed by atoms with Crippen molar-refractivity contribution < 1.29 is 19.0 Å². The van der Waals surface area contributed by atoms with E-state index in [0.29, 0.717) is 0 Å². The maximum Gasteiger partial charge on any atom is 0.308 e. The first-order chi connectivity index (χ1) is 9.62. The van der Waals surface area contributed by atoms with Gasteiger partial charge in [-0.15, -0.1) is 0 Å². The molecular weight excluding hydrogens is 258 g/mol. The van der Waals surface area contributed by atoms with Crippen molar-refractivity contribution in [1.29, 1.82) is 0 Å². The van der Waals surface area contributed by atoms with E-state index in [9.17, 15) is 4.79 Å². The second-order valence-corrected chi connectivity index (χ2v) is 4.36. The SMILES string of the molecule is CCNC(C)c1ccc(OC)cc1OCCC(=O)OC. The summed E-state index contributed by atoms with van der Waals surface area (Å²) in [6.45, 7) is 5.27. The highest BCUT2D eigenvalue weighted by atomic mass is 16.5. The third-order valence-corrected chi connectivity index (χ3v) is 2.99. The second kappa shape index (κ2) is 8.43. The van der Waals surface area contributed by atoms with Crippen molar-refractivity contribution in [2.45, 2.75) is 26.3 Å². The summed E-state index contributed by atoms with van der Waals surface area (Å²) in [5, 5.41) is 3.34. The quantitative estimate of drug-likeness (QED) is 0.741. The molecule has 0 bridgehead atoms. The van der Waals surface area contributed by atoms with Crippen LogP contribution < -0.4 is 14.8 Å². The molecule has 1 aromatic rings. The molecule has 0 spiro atoms. The van der Waals surface area contributed by atoms with Crippen LogP contribution in [0.15, 0.2) is 18.2 Å². The van der Waals surface area contributed by atoms with Gasteiger partial charge in [0, 0.05) is 17.7 Å². The molecule has 0 saturated carbocycles. The number of rotatable bonds is 8. The van der Waals surface area contributed by atoms with Crippen LogP contribution in [-0.2, 0) is 9.53 Å². The van der Waals surface area contributed by atoms with Crippen molar-refractivity contribution in [3.05, 3.63) is 23.8 Å². The van der Waals surface area contributed by atoms with Gasteiger partial charge in [-0.25, -0.2) is 0 Å². The Hall–Kier alpha value is -1.75. The first-order valence-electron chi connectivity index (χ1n) is 6.73. The van der Waals surface area contributed by atoms with Crippen molar-refractivity contribution in [1.82, 2.24) is 5.32 Å². The average molecular weight is 281 g/mol. The van der Waals surface area contributed by atoms with Gasteiger partial charge in [0.15, 0.2) is 0 Å². The molecule has 5 heteroatoms. The number of hydrogen-bond acceptors (Lipinski definition) is 5. The summed E-state index contributed by atoms with van der Waals surface area (Å²) in [5.74, 6) is 1.17. The summed E-state index contributed by atoms with van der Waals surface area (Å²) in [6, 6.07) is 5.87. The van der Waals surface area contributed by atoms with Gasteiger partial charge in [0.25, 0.3) is 0 Å². The summed E-state index contributed by atoms with van der Waals surface area (Å²) >= 11 is 0. The zero-order chi connectivity index (χ0) is 15.0. The predicted octanol–water partition coefficient (Wildman–Crippen LogP) is 2.31. The number of nitrogens with one attached hydrogen (secondary N) is 1. The summed E-state index contributed by atoms with van der Waals surface area (Å²) in [4.78, 5) is 11.1. The van der Waals surface area contributed by atoms with Gasteiger partial charge in [0.05, 0.1) is 27.2 Å². The van der Waals surface area contributed by atoms with Crippen LogP contribution in [0.1, 0.15) is 31.9 Å². The van der Waals surface area contributed by atoms with Crippen LogP contribution in [0.2, 0.25) is 0 Å². The maximum absolute atomic E-state index is 11.1. The minimum atomic E-state index is -0.283. The van der Waals surface area contributed by atoms with Crippen LogP contribution in [0, 0.1) is 0 Å². The first-order valence-corrected chi connectivity index (χ1v) is 6.73. The average Bonchev–Trinajstić information content (AvgIpc) is 2.47. The molecule has 0 amide bonds. The highest BCUT2D eigenvalue weighted by molar-refractivity contribution is 5.69. The zero-order valence-electron chi connectivity index (χ0n) is 12.6. The lowest BCUT2D eigenvalue weighted by Gasteiger charge is -2.18. The van der Waals surface area contributed by atoms with Crippen molar-refractivity contribution in [2.75, 3.05) is 27.4 Å². The molecule has 5 nitrogen and oxygen atoms in total. The molecule has 0 aromatic heterocycles. The topological polar surface area (TPSA) is 56.8 Å². The number of esters is 1. The fourth-order valence-electron chi connectivity index (χ4n) is 1.89. The van der Waals surface area contributed by atoms with Gasteiger partial charge >= 0.3 is 5.97 Å². The third-order valence-electron chi connectivity index (χ3n) is 2.99. The predicted molar refractivity (Wildman–Crippen MR) is 77.2 cm³/mol. The van der Waals surface area contributed by atoms with Gasteiger partial charge in [0.2, 0.25) is 0 Å². The number of carbonyl (C=O) groups is 1. The standard InChI is InChI=1S/C15H23NO4/c1-5-16-11(2)13-7-6-12(18-3)10-14(13)20-9-8-15(17)19-4/h6-7,10-11,16H,5,8-9H2,1-4H3. The summed E-state index contributed by atoms with van der Waals surface area (Å²) in [7, 11) is 2.98. The lowest BCUT2D eigenvalue weighted by molar-refractivity contribution is -0.141. The van der Waals surface area contributed by atoms with E-state index in [1.54, 1.807) is 7.11 Å². The Bertz CT molecular complexity index is 434. The Kier molecular flexibility index (Phi) is 6.87. The molecule has 20 heavy (non-hydrogen) atoms. The van der Waals surface area contributed by atoms with Gasteiger partial charge in [-0.2, -0.15) is 0 Å². The van der Waals surface area contributed by atoms with Gasteiger partial charge in [-0.05, 0) is 19.5 Å². The normalized spacial score (nSPS) is 11.8. The minimum absolute atomic E-state index is 0.166. The Labute approximate surface area is 120 Å². The monoisotopic (exact) mass is 281 g/mol. The van der Waals surface area contributed by atoms with Crippen LogP contribution in [-0.4, -0.2) is 33.3 Å². The smallest absolute Gasteiger partial charge is 0.308 e. The molecule has 0 radical (unpaired) electrons. The number of benzene rings is 1. The van der Waals surface area contributed by atoms with E-state index < -0.39 is 0 Å². The Morgan fingerprint density at radius 1 is 1.35 bits per heavy atom. The minimum Gasteiger partial charge on any atom is -0.497 e. The molecular formula is C15H23NO4. The first kappa shape index (κ1) is 16.3. The van der Waals surface area contributed by atoms with Gasteiger partial charge in [-0.3, -0.25) is 4.79 Å². The Morgan fingerprint density at radius 3 is 2.70 bits per heavy atom. The van der Waals surface area contributed by atoms with Crippen molar-refractivity contribution >= 4 is 5.97 Å². The fraction of sp³-hybridized carbons (Fsp3) is 0.533. The highest BCUT2D eigenvalue weighted by Crippen LogP contribution is 2.29. The second-order valence-electron chi connectivity index (χ2n) is 4.36. The van der Waals surface area contributed by atoms with Crippen molar-refractivity contribution in [3.63, 3.8) is 0 Å². The van der Waals surface area contributed by atoms with Gasteiger partial charge < -0.3 is 19.5 Å². The van der Waals surface area contributed by atoms with Crippen LogP contribution in [0.4, 0.5) is 0 Å². The molecule has 0 saturated heterocycles. The van der Waals surface area contributed by atoms with Crippen LogP contribution in [0.3, 0.4) is 0 Å². The van der Waals surface area contributed by atoms with E-state index in [-0.39, 0.29) is 25.0 Å². The lowest BCUT2D eigenvalue weighted by atomic mass is 10.1. The zero-order valence-corrected chi connectivity index (χ0v) is 12.6. The molecule has 0 heterocycles. The Balaban J connectivity index is 2.80. The summed E-state index contributed by atoms with van der Waals surface area (Å²) in [5.41, 5.74) is 1.04. The van der Waals surface area contributed by atoms with E-state index >= 15 is 0 Å². The number of ether oxygens (including phenoxy) is 3. The van der Waals surface area contributed by atoms with E-state index in [0.717, 1.165) is 23.6 Å². The maximum atomic E-state index is 11.1. The van der Waals surface area contributed by atoms with Gasteiger partial charge in [0.1, 0.15) is 11.5 Å². The lowest BCUT2D eigenvalue weighted by Crippen LogP contribution is -2.19. The van der Waals surface area contributed by atoms with Crippen LogP contribution in [0.5, 0.6) is 11.5 Å². The molecule has 112 valence electrons. The van der Waals surface area contributed by atoms with Crippen LogP contribution in [0.25, 0.3) is 0 Å². The van der Waals surface area contributed by atoms with E-state index in [4.69, 9.17) is 9.47 Å². The molecule has 0 aliphatic rings. The molecule has 1 unspecified atom stereocenters. The molecule has 1 atom stereocenters. The highest BCUT2D eigenvalue weighted by Gasteiger charge is 2.12. The van der Waals surface area contributed by atoms with E-state index in [1.165, 1.54) is 7.11 Å². The molecule has 0 aliphatic carbocycles. The van der Waals surface area contributed by atoms with Crippen molar-refractivity contribution in [3.8, 4) is 11.5 Å². The molecule has 0 aliphatic heterocycles. The summed E-state index contributed by atoms with van der Waals surface area (Å²) in [6.07, 6.45) is 0.225. The third kappa shape index (κ3) is 4.74. The van der Waals surface area contributed by atoms with Crippen LogP contribution >= 0.6 is 0 Å². The number of hydrogen-bond donors (Lipinski definition) is 1. The molecule has 1 rings (SSSR count). The van der Waals surface area contributed by atoms with E-state index in [2.05, 4.69) is 23.9 Å². The van der Waals surface area contributed by atoms with E-state index in [1.807, 2.05) is 18.2 Å². The number of carbonyl (C=O) groups excluding carboxylic acids is 1. The fourth-order valence-corrected chi connectivity index (χ4v) is 1.89. The van der Waals surface area contributed by atoms with Crippen molar-refractivity contribution in [2.24, 2.45) is 0 Å². The largest absolute Gasteiger partial charge is 0.497 e.